The quantitative estimate of drug-likeness (QED) is 0.571. The third kappa shape index (κ3) is 4.46. The van der Waals surface area contributed by atoms with Crippen LogP contribution in [0.15, 0.2) is 41.6 Å². The third-order valence-electron chi connectivity index (χ3n) is 5.19. The van der Waals surface area contributed by atoms with Crippen molar-refractivity contribution in [2.45, 2.75) is 57.8 Å². The molecular weight excluding hydrogens is 330 g/mol. The van der Waals surface area contributed by atoms with E-state index in [4.69, 9.17) is 9.47 Å². The second-order valence-electron chi connectivity index (χ2n) is 6.96. The summed E-state index contributed by atoms with van der Waals surface area (Å²) in [6.45, 7) is 4.33. The second-order valence-corrected chi connectivity index (χ2v) is 6.96. The normalized spacial score (nSPS) is 22.5. The lowest BCUT2D eigenvalue weighted by molar-refractivity contribution is -0.139. The van der Waals surface area contributed by atoms with Crippen LogP contribution in [0.3, 0.4) is 0 Å². The van der Waals surface area contributed by atoms with E-state index in [2.05, 4.69) is 17.0 Å². The molecule has 0 amide bonds. The zero-order chi connectivity index (χ0) is 18.4. The van der Waals surface area contributed by atoms with E-state index in [0.717, 1.165) is 37.9 Å². The molecule has 1 aromatic rings. The maximum Gasteiger partial charge on any atom is 0.335 e. The van der Waals surface area contributed by atoms with Crippen LogP contribution < -0.4 is 0 Å². The monoisotopic (exact) mass is 359 g/mol. The van der Waals surface area contributed by atoms with Gasteiger partial charge in [-0.2, -0.15) is 0 Å². The number of aliphatic hydroxyl groups is 1. The van der Waals surface area contributed by atoms with Crippen LogP contribution in [-0.4, -0.2) is 47.9 Å². The van der Waals surface area contributed by atoms with Crippen LogP contribution in [0.5, 0.6) is 0 Å². The van der Waals surface area contributed by atoms with Gasteiger partial charge in [0, 0.05) is 25.3 Å². The van der Waals surface area contributed by atoms with Gasteiger partial charge in [0.1, 0.15) is 0 Å². The van der Waals surface area contributed by atoms with Gasteiger partial charge in [0.15, 0.2) is 0 Å². The number of rotatable bonds is 8. The molecule has 1 saturated heterocycles. The second kappa shape index (κ2) is 9.19. The lowest BCUT2D eigenvalue weighted by atomic mass is 9.92. The molecule has 1 aromatic carbocycles. The van der Waals surface area contributed by atoms with E-state index in [-0.39, 0.29) is 12.0 Å². The van der Waals surface area contributed by atoms with Crippen molar-refractivity contribution in [1.29, 1.82) is 0 Å². The van der Waals surface area contributed by atoms with Crippen molar-refractivity contribution in [3.05, 3.63) is 47.2 Å². The summed E-state index contributed by atoms with van der Waals surface area (Å²) in [5.41, 5.74) is 2.87. The van der Waals surface area contributed by atoms with Crippen LogP contribution in [0, 0.1) is 0 Å². The zero-order valence-electron chi connectivity index (χ0n) is 15.5. The first-order valence-electron chi connectivity index (χ1n) is 9.66. The number of fused-ring (bicyclic) bond motifs is 1. The summed E-state index contributed by atoms with van der Waals surface area (Å²) in [5, 5.41) is 10.4. The van der Waals surface area contributed by atoms with Crippen LogP contribution in [0.4, 0.5) is 0 Å². The predicted octanol–water partition coefficient (Wildman–Crippen LogP) is 3.03. The fourth-order valence-corrected chi connectivity index (χ4v) is 3.98. The van der Waals surface area contributed by atoms with Gasteiger partial charge in [0.2, 0.25) is 0 Å². The molecule has 0 spiro atoms. The molecule has 2 aliphatic rings. The minimum absolute atomic E-state index is 0.147. The van der Waals surface area contributed by atoms with Crippen molar-refractivity contribution < 1.29 is 19.4 Å². The van der Waals surface area contributed by atoms with Crippen molar-refractivity contribution in [3.63, 3.8) is 0 Å². The number of benzene rings is 1. The lowest BCUT2D eigenvalue weighted by Gasteiger charge is -2.38. The molecule has 26 heavy (non-hydrogen) atoms. The number of carbonyl (C=O) groups is 1. The van der Waals surface area contributed by atoms with Crippen molar-refractivity contribution in [1.82, 2.24) is 4.90 Å². The Kier molecular flexibility index (Phi) is 6.69. The van der Waals surface area contributed by atoms with Gasteiger partial charge >= 0.3 is 5.97 Å². The van der Waals surface area contributed by atoms with Crippen LogP contribution in [0.25, 0.3) is 0 Å². The average Bonchev–Trinajstić information content (AvgIpc) is 3.14. The molecule has 5 nitrogen and oxygen atoms in total. The Morgan fingerprint density at radius 1 is 1.31 bits per heavy atom. The van der Waals surface area contributed by atoms with Crippen molar-refractivity contribution >= 4 is 5.97 Å². The number of hydrogen-bond acceptors (Lipinski definition) is 5. The fourth-order valence-electron chi connectivity index (χ4n) is 3.98. The van der Waals surface area contributed by atoms with Crippen molar-refractivity contribution in [3.8, 4) is 0 Å². The average molecular weight is 359 g/mol. The molecule has 1 fully saturated rings. The number of ether oxygens (including phenoxy) is 2. The maximum absolute atomic E-state index is 12.4. The highest BCUT2D eigenvalue weighted by Gasteiger charge is 2.39. The molecule has 142 valence electrons. The highest BCUT2D eigenvalue weighted by Crippen LogP contribution is 2.36. The number of esters is 1. The van der Waals surface area contributed by atoms with Gasteiger partial charge in [-0.1, -0.05) is 30.3 Å². The molecule has 3 rings (SSSR count). The van der Waals surface area contributed by atoms with E-state index < -0.39 is 6.10 Å². The van der Waals surface area contributed by atoms with Crippen molar-refractivity contribution in [2.24, 2.45) is 0 Å². The Balaban J connectivity index is 1.59. The van der Waals surface area contributed by atoms with Crippen molar-refractivity contribution in [2.75, 3.05) is 19.8 Å². The molecule has 2 aliphatic heterocycles. The summed E-state index contributed by atoms with van der Waals surface area (Å²) in [6, 6.07) is 10.3. The molecule has 0 radical (unpaired) electrons. The predicted molar refractivity (Wildman–Crippen MR) is 99.3 cm³/mol. The highest BCUT2D eigenvalue weighted by molar-refractivity contribution is 5.89. The molecule has 5 heteroatoms. The Bertz CT molecular complexity index is 628. The summed E-state index contributed by atoms with van der Waals surface area (Å²) in [4.78, 5) is 14.6. The first-order valence-corrected chi connectivity index (χ1v) is 9.66. The van der Waals surface area contributed by atoms with E-state index in [0.29, 0.717) is 31.8 Å². The van der Waals surface area contributed by atoms with E-state index in [1.807, 2.05) is 25.1 Å². The van der Waals surface area contributed by atoms with Gasteiger partial charge < -0.3 is 19.5 Å². The minimum atomic E-state index is -0.477. The number of hydrogen-bond donors (Lipinski definition) is 1. The van der Waals surface area contributed by atoms with Gasteiger partial charge in [-0.25, -0.2) is 4.79 Å². The molecule has 0 bridgehead atoms. The van der Waals surface area contributed by atoms with Crippen LogP contribution in [0.2, 0.25) is 0 Å². The number of nitrogens with zero attached hydrogens (tertiary/aromatic N) is 1. The van der Waals surface area contributed by atoms with Gasteiger partial charge in [0.05, 0.1) is 30.9 Å². The topological polar surface area (TPSA) is 59.0 Å². The lowest BCUT2D eigenvalue weighted by Crippen LogP contribution is -2.44. The van der Waals surface area contributed by atoms with Crippen LogP contribution >= 0.6 is 0 Å². The molecule has 1 N–H and O–H groups in total. The van der Waals surface area contributed by atoms with Gasteiger partial charge in [-0.05, 0) is 38.2 Å². The summed E-state index contributed by atoms with van der Waals surface area (Å²) in [5.74, 6) is -0.280. The van der Waals surface area contributed by atoms with E-state index in [1.54, 1.807) is 0 Å². The molecule has 0 aliphatic carbocycles. The number of carbonyl (C=O) groups excluding carboxylic acids is 1. The minimum Gasteiger partial charge on any atom is -0.463 e. The largest absolute Gasteiger partial charge is 0.463 e. The van der Waals surface area contributed by atoms with Crippen LogP contribution in [-0.2, 0) is 20.9 Å². The first-order chi connectivity index (χ1) is 12.7. The van der Waals surface area contributed by atoms with E-state index in [1.165, 1.54) is 5.56 Å². The van der Waals surface area contributed by atoms with Crippen LogP contribution in [0.1, 0.15) is 44.6 Å². The molecule has 0 aromatic heterocycles. The highest BCUT2D eigenvalue weighted by atomic mass is 16.5. The van der Waals surface area contributed by atoms with E-state index >= 15 is 0 Å². The van der Waals surface area contributed by atoms with Gasteiger partial charge in [-0.3, -0.25) is 0 Å². The molecule has 0 unspecified atom stereocenters. The number of allylic oxidation sites excluding steroid dienone is 1. The number of aliphatic hydroxyl groups excluding tert-OH is 1. The molecular formula is C21H29NO4. The summed E-state index contributed by atoms with van der Waals surface area (Å²) in [6.07, 6.45) is 3.61. The Morgan fingerprint density at radius 3 is 2.88 bits per heavy atom. The Morgan fingerprint density at radius 2 is 2.12 bits per heavy atom. The summed E-state index contributed by atoms with van der Waals surface area (Å²) in [7, 11) is 0. The Hall–Kier alpha value is -1.85. The summed E-state index contributed by atoms with van der Waals surface area (Å²) >= 11 is 0. The van der Waals surface area contributed by atoms with Gasteiger partial charge in [0.25, 0.3) is 0 Å². The fraction of sp³-hybridized carbons (Fsp3) is 0.571. The zero-order valence-corrected chi connectivity index (χ0v) is 15.5. The Labute approximate surface area is 155 Å². The van der Waals surface area contributed by atoms with E-state index in [9.17, 15) is 9.90 Å². The maximum atomic E-state index is 12.4. The molecule has 2 heterocycles. The molecule has 2 atom stereocenters. The standard InChI is InChI=1S/C21H29NO4/c1-2-26-21(24)17-14-20(23)19-10-6-12-22(19)18(17)11-7-13-25-15-16-8-4-3-5-9-16/h3-5,8-9,19-20,23H,2,6-7,10-15H2,1H3/t19-,20-/m0/s1. The first kappa shape index (κ1) is 18.9. The molecule has 0 saturated carbocycles. The summed E-state index contributed by atoms with van der Waals surface area (Å²) < 4.78 is 11.0. The SMILES string of the molecule is CCOC(=O)C1=C(CCCOCc2ccccc2)N2CCC[C@H]2[C@@H](O)C1. The van der Waals surface area contributed by atoms with Gasteiger partial charge in [-0.15, -0.1) is 0 Å². The third-order valence-corrected chi connectivity index (χ3v) is 5.19. The smallest absolute Gasteiger partial charge is 0.335 e.